The topological polar surface area (TPSA) is 30.2 Å². The fourth-order valence-electron chi connectivity index (χ4n) is 3.19. The van der Waals surface area contributed by atoms with Gasteiger partial charge >= 0.3 is 0 Å². The minimum Gasteiger partial charge on any atom is -0.318 e. The van der Waals surface area contributed by atoms with Crippen molar-refractivity contribution in [2.75, 3.05) is 0 Å². The first-order valence-electron chi connectivity index (χ1n) is 8.45. The van der Waals surface area contributed by atoms with Crippen LogP contribution in [0.5, 0.6) is 0 Å². The van der Waals surface area contributed by atoms with Crippen molar-refractivity contribution < 1.29 is 0 Å². The molecule has 0 saturated heterocycles. The number of pyridine rings is 1. The summed E-state index contributed by atoms with van der Waals surface area (Å²) in [6.45, 7) is 4.26. The maximum atomic E-state index is 4.62. The molecular formula is C22H18IN3. The number of hydrogen-bond donors (Lipinski definition) is 0. The molecule has 128 valence electrons. The standard InChI is InChI=1S/C22H18IN3/c1-15-12-18(14-25-20-7-5-19(23)6-8-20)16(2)26(15)21-9-10-22-17(13-21)4-3-11-24-22/h3-14H,1-2H3. The van der Waals surface area contributed by atoms with Crippen molar-refractivity contribution in [2.24, 2.45) is 4.99 Å². The van der Waals surface area contributed by atoms with Gasteiger partial charge in [0.2, 0.25) is 0 Å². The SMILES string of the molecule is Cc1cc(C=Nc2ccc(I)cc2)c(C)n1-c1ccc2ncccc2c1. The van der Waals surface area contributed by atoms with Crippen LogP contribution in [-0.4, -0.2) is 15.8 Å². The van der Waals surface area contributed by atoms with Crippen molar-refractivity contribution in [3.05, 3.63) is 87.4 Å². The Kier molecular flexibility index (Phi) is 4.59. The summed E-state index contributed by atoms with van der Waals surface area (Å²) in [6, 6.07) is 20.8. The normalized spacial score (nSPS) is 11.5. The molecule has 0 atom stereocenters. The van der Waals surface area contributed by atoms with Gasteiger partial charge < -0.3 is 4.57 Å². The number of aromatic nitrogens is 2. The Morgan fingerprint density at radius 1 is 1.00 bits per heavy atom. The van der Waals surface area contributed by atoms with Gasteiger partial charge in [0, 0.05) is 44.0 Å². The molecule has 0 radical (unpaired) electrons. The van der Waals surface area contributed by atoms with Crippen LogP contribution in [0.25, 0.3) is 16.6 Å². The van der Waals surface area contributed by atoms with Crippen molar-refractivity contribution in [1.82, 2.24) is 9.55 Å². The van der Waals surface area contributed by atoms with Crippen LogP contribution in [0.4, 0.5) is 5.69 Å². The van der Waals surface area contributed by atoms with Gasteiger partial charge in [0.15, 0.2) is 0 Å². The van der Waals surface area contributed by atoms with Crippen LogP contribution in [0.15, 0.2) is 71.9 Å². The molecule has 26 heavy (non-hydrogen) atoms. The molecule has 3 nitrogen and oxygen atoms in total. The second kappa shape index (κ2) is 7.03. The van der Waals surface area contributed by atoms with E-state index in [4.69, 9.17) is 0 Å². The third-order valence-electron chi connectivity index (χ3n) is 4.49. The third kappa shape index (κ3) is 3.29. The molecule has 0 amide bonds. The first-order valence-corrected chi connectivity index (χ1v) is 9.53. The number of aryl methyl sites for hydroxylation is 1. The van der Waals surface area contributed by atoms with E-state index < -0.39 is 0 Å². The quantitative estimate of drug-likeness (QED) is 0.278. The van der Waals surface area contributed by atoms with E-state index in [0.717, 1.165) is 27.8 Å². The predicted octanol–water partition coefficient (Wildman–Crippen LogP) is 6.00. The lowest BCUT2D eigenvalue weighted by Crippen LogP contribution is -1.99. The van der Waals surface area contributed by atoms with Crippen LogP contribution < -0.4 is 0 Å². The van der Waals surface area contributed by atoms with Gasteiger partial charge in [-0.05, 0) is 91.0 Å². The molecule has 2 heterocycles. The second-order valence-electron chi connectivity index (χ2n) is 6.28. The Labute approximate surface area is 166 Å². The lowest BCUT2D eigenvalue weighted by molar-refractivity contribution is 0.967. The number of nitrogens with zero attached hydrogens (tertiary/aromatic N) is 3. The van der Waals surface area contributed by atoms with Gasteiger partial charge in [0.25, 0.3) is 0 Å². The van der Waals surface area contributed by atoms with E-state index in [1.54, 1.807) is 0 Å². The number of halogens is 1. The summed E-state index contributed by atoms with van der Waals surface area (Å²) >= 11 is 2.30. The zero-order valence-electron chi connectivity index (χ0n) is 14.6. The molecule has 4 heteroatoms. The van der Waals surface area contributed by atoms with E-state index in [2.05, 4.69) is 93.4 Å². The molecule has 0 spiro atoms. The van der Waals surface area contributed by atoms with Crippen LogP contribution in [-0.2, 0) is 0 Å². The molecule has 0 aliphatic heterocycles. The van der Waals surface area contributed by atoms with Gasteiger partial charge in [-0.1, -0.05) is 6.07 Å². The molecule has 0 fully saturated rings. The summed E-state index contributed by atoms with van der Waals surface area (Å²) < 4.78 is 3.48. The van der Waals surface area contributed by atoms with Gasteiger partial charge in [-0.25, -0.2) is 0 Å². The van der Waals surface area contributed by atoms with E-state index in [-0.39, 0.29) is 0 Å². The van der Waals surface area contributed by atoms with E-state index in [1.165, 1.54) is 15.0 Å². The summed E-state index contributed by atoms with van der Waals surface area (Å²) in [5, 5.41) is 1.15. The molecule has 0 aliphatic rings. The van der Waals surface area contributed by atoms with Gasteiger partial charge in [-0.3, -0.25) is 9.98 Å². The highest BCUT2D eigenvalue weighted by atomic mass is 127. The van der Waals surface area contributed by atoms with Crippen molar-refractivity contribution in [2.45, 2.75) is 13.8 Å². The zero-order chi connectivity index (χ0) is 18.1. The van der Waals surface area contributed by atoms with E-state index in [1.807, 2.05) is 30.6 Å². The van der Waals surface area contributed by atoms with Crippen LogP contribution in [0.3, 0.4) is 0 Å². The number of fused-ring (bicyclic) bond motifs is 1. The Balaban J connectivity index is 1.72. The van der Waals surface area contributed by atoms with Crippen LogP contribution in [0, 0.1) is 17.4 Å². The number of aliphatic imine (C=N–C) groups is 1. The Bertz CT molecular complexity index is 1110. The maximum Gasteiger partial charge on any atom is 0.0703 e. The summed E-state index contributed by atoms with van der Waals surface area (Å²) in [4.78, 5) is 9.03. The maximum absolute atomic E-state index is 4.62. The van der Waals surface area contributed by atoms with Crippen molar-refractivity contribution in [3.63, 3.8) is 0 Å². The minimum atomic E-state index is 0.965. The molecule has 0 unspecified atom stereocenters. The molecule has 0 bridgehead atoms. The van der Waals surface area contributed by atoms with Crippen LogP contribution >= 0.6 is 22.6 Å². The van der Waals surface area contributed by atoms with E-state index in [0.29, 0.717) is 0 Å². The molecule has 0 N–H and O–H groups in total. The van der Waals surface area contributed by atoms with Gasteiger partial charge in [0.1, 0.15) is 0 Å². The Hall–Kier alpha value is -2.47. The Morgan fingerprint density at radius 3 is 2.62 bits per heavy atom. The van der Waals surface area contributed by atoms with E-state index >= 15 is 0 Å². The molecular weight excluding hydrogens is 433 g/mol. The van der Waals surface area contributed by atoms with Crippen LogP contribution in [0.2, 0.25) is 0 Å². The summed E-state index contributed by atoms with van der Waals surface area (Å²) in [5.74, 6) is 0. The summed E-state index contributed by atoms with van der Waals surface area (Å²) in [6.07, 6.45) is 3.77. The molecule has 2 aromatic heterocycles. The van der Waals surface area contributed by atoms with Crippen molar-refractivity contribution in [3.8, 4) is 5.69 Å². The highest BCUT2D eigenvalue weighted by Gasteiger charge is 2.10. The highest BCUT2D eigenvalue weighted by Crippen LogP contribution is 2.23. The van der Waals surface area contributed by atoms with Gasteiger partial charge in [0.05, 0.1) is 11.2 Å². The first-order chi connectivity index (χ1) is 12.6. The predicted molar refractivity (Wildman–Crippen MR) is 117 cm³/mol. The fourth-order valence-corrected chi connectivity index (χ4v) is 3.55. The monoisotopic (exact) mass is 451 g/mol. The number of hydrogen-bond acceptors (Lipinski definition) is 2. The van der Waals surface area contributed by atoms with Crippen LogP contribution in [0.1, 0.15) is 17.0 Å². The van der Waals surface area contributed by atoms with Crippen molar-refractivity contribution in [1.29, 1.82) is 0 Å². The molecule has 0 saturated carbocycles. The van der Waals surface area contributed by atoms with Crippen molar-refractivity contribution >= 4 is 45.4 Å². The Morgan fingerprint density at radius 2 is 1.81 bits per heavy atom. The first kappa shape index (κ1) is 17.0. The molecule has 4 rings (SSSR count). The number of benzene rings is 2. The average molecular weight is 451 g/mol. The lowest BCUT2D eigenvalue weighted by Gasteiger charge is -2.10. The largest absolute Gasteiger partial charge is 0.318 e. The third-order valence-corrected chi connectivity index (χ3v) is 5.21. The fraction of sp³-hybridized carbons (Fsp3) is 0.0909. The highest BCUT2D eigenvalue weighted by molar-refractivity contribution is 14.1. The molecule has 0 aliphatic carbocycles. The van der Waals surface area contributed by atoms with Gasteiger partial charge in [-0.15, -0.1) is 0 Å². The van der Waals surface area contributed by atoms with E-state index in [9.17, 15) is 0 Å². The minimum absolute atomic E-state index is 0.965. The average Bonchev–Trinajstić information content (AvgIpc) is 2.94. The summed E-state index contributed by atoms with van der Waals surface area (Å²) in [7, 11) is 0. The second-order valence-corrected chi connectivity index (χ2v) is 7.52. The summed E-state index contributed by atoms with van der Waals surface area (Å²) in [5.41, 5.74) is 6.63. The molecule has 2 aromatic carbocycles. The molecule has 4 aromatic rings. The zero-order valence-corrected chi connectivity index (χ0v) is 16.8. The number of rotatable bonds is 3. The lowest BCUT2D eigenvalue weighted by atomic mass is 10.2. The van der Waals surface area contributed by atoms with Gasteiger partial charge in [-0.2, -0.15) is 0 Å². The smallest absolute Gasteiger partial charge is 0.0703 e.